The van der Waals surface area contributed by atoms with Gasteiger partial charge in [0.25, 0.3) is 5.91 Å². The molecule has 0 aliphatic heterocycles. The van der Waals surface area contributed by atoms with Crippen molar-refractivity contribution in [1.82, 2.24) is 10.2 Å². The topological polar surface area (TPSA) is 102 Å². The summed E-state index contributed by atoms with van der Waals surface area (Å²) in [6, 6.07) is 9.38. The van der Waals surface area contributed by atoms with Gasteiger partial charge < -0.3 is 4.42 Å². The molecule has 1 heterocycles. The van der Waals surface area contributed by atoms with Gasteiger partial charge in [-0.1, -0.05) is 17.2 Å². The summed E-state index contributed by atoms with van der Waals surface area (Å²) in [6.45, 7) is 3.10. The highest BCUT2D eigenvalue weighted by Crippen LogP contribution is 2.30. The van der Waals surface area contributed by atoms with Crippen LogP contribution in [0.15, 0.2) is 57.8 Å². The van der Waals surface area contributed by atoms with Crippen molar-refractivity contribution in [3.8, 4) is 11.5 Å². The third-order valence-electron chi connectivity index (χ3n) is 4.13. The molecule has 0 atom stereocenters. The predicted molar refractivity (Wildman–Crippen MR) is 101 cm³/mol. The number of hydrogen-bond acceptors (Lipinski definition) is 6. The minimum absolute atomic E-state index is 0.0600. The summed E-state index contributed by atoms with van der Waals surface area (Å²) in [5.74, 6) is -0.928. The molecule has 1 aromatic heterocycles. The highest BCUT2D eigenvalue weighted by molar-refractivity contribution is 7.92. The Morgan fingerprint density at radius 3 is 2.43 bits per heavy atom. The van der Waals surface area contributed by atoms with Crippen molar-refractivity contribution in [2.45, 2.75) is 30.2 Å². The Balaban J connectivity index is 1.82. The van der Waals surface area contributed by atoms with Gasteiger partial charge in [-0.05, 0) is 50.2 Å². The zero-order chi connectivity index (χ0) is 22.1. The highest BCUT2D eigenvalue weighted by atomic mass is 32.2. The van der Waals surface area contributed by atoms with Crippen molar-refractivity contribution >= 4 is 21.8 Å². The van der Waals surface area contributed by atoms with E-state index in [4.69, 9.17) is 4.42 Å². The van der Waals surface area contributed by atoms with Gasteiger partial charge >= 0.3 is 12.2 Å². The van der Waals surface area contributed by atoms with E-state index in [9.17, 15) is 26.4 Å². The Morgan fingerprint density at radius 2 is 1.77 bits per heavy atom. The van der Waals surface area contributed by atoms with Crippen LogP contribution in [0.3, 0.4) is 0 Å². The summed E-state index contributed by atoms with van der Waals surface area (Å²) < 4.78 is 68.4. The number of benzene rings is 2. The van der Waals surface area contributed by atoms with E-state index >= 15 is 0 Å². The monoisotopic (exact) mass is 439 g/mol. The maximum absolute atomic E-state index is 12.8. The Morgan fingerprint density at radius 1 is 1.07 bits per heavy atom. The molecule has 0 spiro atoms. The molecular weight excluding hydrogens is 423 g/mol. The predicted octanol–water partition coefficient (Wildman–Crippen LogP) is 4.19. The summed E-state index contributed by atoms with van der Waals surface area (Å²) in [7, 11) is -3.52. The largest absolute Gasteiger partial charge is 0.416 e. The quantitative estimate of drug-likeness (QED) is 0.640. The van der Waals surface area contributed by atoms with Crippen LogP contribution in [0.1, 0.15) is 29.8 Å². The first-order valence-electron chi connectivity index (χ1n) is 8.65. The van der Waals surface area contributed by atoms with Gasteiger partial charge in [-0.25, -0.2) is 8.42 Å². The number of rotatable bonds is 5. The molecule has 0 saturated carbocycles. The number of aromatic nitrogens is 2. The number of alkyl halides is 3. The third kappa shape index (κ3) is 4.51. The summed E-state index contributed by atoms with van der Waals surface area (Å²) in [6.07, 6.45) is -4.59. The fraction of sp³-hybridized carbons (Fsp3) is 0.211. The van der Waals surface area contributed by atoms with Crippen LogP contribution < -0.4 is 5.32 Å². The van der Waals surface area contributed by atoms with Crippen LogP contribution in [0, 0.1) is 0 Å². The van der Waals surface area contributed by atoms with E-state index in [1.54, 1.807) is 19.9 Å². The van der Waals surface area contributed by atoms with E-state index in [1.807, 2.05) is 0 Å². The Kier molecular flexibility index (Phi) is 5.66. The second-order valence-electron chi connectivity index (χ2n) is 6.57. The molecule has 0 fully saturated rings. The molecule has 0 radical (unpaired) electrons. The summed E-state index contributed by atoms with van der Waals surface area (Å²) in [5, 5.41) is 8.99. The molecule has 0 unspecified atom stereocenters. The lowest BCUT2D eigenvalue weighted by atomic mass is 10.1. The molecule has 11 heteroatoms. The van der Waals surface area contributed by atoms with E-state index in [0.29, 0.717) is 11.6 Å². The second kappa shape index (κ2) is 7.90. The van der Waals surface area contributed by atoms with Crippen LogP contribution in [0.5, 0.6) is 0 Å². The van der Waals surface area contributed by atoms with Crippen LogP contribution in [0.2, 0.25) is 0 Å². The Labute approximate surface area is 169 Å². The summed E-state index contributed by atoms with van der Waals surface area (Å²) >= 11 is 0. The first-order valence-corrected chi connectivity index (χ1v) is 10.2. The highest BCUT2D eigenvalue weighted by Gasteiger charge is 2.31. The molecule has 0 aliphatic carbocycles. The molecule has 1 amide bonds. The number of hydrogen-bond donors (Lipinski definition) is 1. The fourth-order valence-electron chi connectivity index (χ4n) is 2.47. The SMILES string of the molecule is CC(C)S(=O)(=O)c1cccc(-c2nnc(NC(=O)c3cccc(C(F)(F)F)c3)o2)c1. The van der Waals surface area contributed by atoms with Gasteiger partial charge in [-0.2, -0.15) is 13.2 Å². The Bertz CT molecular complexity index is 1190. The molecule has 7 nitrogen and oxygen atoms in total. The standard InChI is InChI=1S/C19H16F3N3O4S/c1-11(2)30(27,28)15-8-4-6-13(10-15)17-24-25-18(29-17)23-16(26)12-5-3-7-14(9-12)19(20,21)22/h3-11H,1-2H3,(H,23,25,26). The van der Waals surface area contributed by atoms with Crippen molar-refractivity contribution in [2.75, 3.05) is 5.32 Å². The average Bonchev–Trinajstić information content (AvgIpc) is 3.16. The van der Waals surface area contributed by atoms with Crippen molar-refractivity contribution in [3.05, 3.63) is 59.7 Å². The van der Waals surface area contributed by atoms with Crippen LogP contribution >= 0.6 is 0 Å². The fourth-order valence-corrected chi connectivity index (χ4v) is 3.58. The van der Waals surface area contributed by atoms with Gasteiger partial charge in [0.2, 0.25) is 5.89 Å². The molecule has 30 heavy (non-hydrogen) atoms. The van der Waals surface area contributed by atoms with Gasteiger partial charge in [0, 0.05) is 11.1 Å². The van der Waals surface area contributed by atoms with E-state index < -0.39 is 32.7 Å². The van der Waals surface area contributed by atoms with Gasteiger partial charge in [-0.3, -0.25) is 10.1 Å². The molecule has 3 aromatic rings. The lowest BCUT2D eigenvalue weighted by Crippen LogP contribution is -2.14. The molecule has 1 N–H and O–H groups in total. The van der Waals surface area contributed by atoms with Gasteiger partial charge in [-0.15, -0.1) is 5.10 Å². The van der Waals surface area contributed by atoms with Crippen LogP contribution in [-0.2, 0) is 16.0 Å². The number of carbonyl (C=O) groups is 1. The van der Waals surface area contributed by atoms with Crippen LogP contribution in [-0.4, -0.2) is 29.8 Å². The zero-order valence-corrected chi connectivity index (χ0v) is 16.6. The smallest absolute Gasteiger partial charge is 0.403 e. The maximum Gasteiger partial charge on any atom is 0.416 e. The molecule has 0 aliphatic rings. The summed E-state index contributed by atoms with van der Waals surface area (Å²) in [4.78, 5) is 12.3. The third-order valence-corrected chi connectivity index (χ3v) is 6.28. The van der Waals surface area contributed by atoms with E-state index in [0.717, 1.165) is 12.1 Å². The van der Waals surface area contributed by atoms with Gasteiger partial charge in [0.15, 0.2) is 9.84 Å². The molecule has 2 aromatic carbocycles. The molecular formula is C19H16F3N3O4S. The molecule has 3 rings (SSSR count). The minimum atomic E-state index is -4.59. The number of nitrogens with zero attached hydrogens (tertiary/aromatic N) is 2. The number of sulfone groups is 1. The summed E-state index contributed by atoms with van der Waals surface area (Å²) in [5.41, 5.74) is -0.900. The first kappa shape index (κ1) is 21.5. The zero-order valence-electron chi connectivity index (χ0n) is 15.8. The van der Waals surface area contributed by atoms with Crippen LogP contribution in [0.4, 0.5) is 19.2 Å². The number of carbonyl (C=O) groups excluding carboxylic acids is 1. The van der Waals surface area contributed by atoms with Crippen molar-refractivity contribution < 1.29 is 30.8 Å². The number of anilines is 1. The normalized spacial score (nSPS) is 12.2. The molecule has 0 saturated heterocycles. The number of nitrogens with one attached hydrogen (secondary N) is 1. The lowest BCUT2D eigenvalue weighted by molar-refractivity contribution is -0.137. The van der Waals surface area contributed by atoms with Gasteiger partial charge in [0.05, 0.1) is 15.7 Å². The molecule has 0 bridgehead atoms. The maximum atomic E-state index is 12.8. The lowest BCUT2D eigenvalue weighted by Gasteiger charge is -2.08. The van der Waals surface area contributed by atoms with Gasteiger partial charge in [0.1, 0.15) is 0 Å². The first-order chi connectivity index (χ1) is 14.0. The van der Waals surface area contributed by atoms with E-state index in [2.05, 4.69) is 15.5 Å². The van der Waals surface area contributed by atoms with E-state index in [1.165, 1.54) is 24.3 Å². The number of amides is 1. The van der Waals surface area contributed by atoms with E-state index in [-0.39, 0.29) is 22.4 Å². The van der Waals surface area contributed by atoms with Crippen molar-refractivity contribution in [3.63, 3.8) is 0 Å². The minimum Gasteiger partial charge on any atom is -0.403 e. The van der Waals surface area contributed by atoms with Crippen molar-refractivity contribution in [2.24, 2.45) is 0 Å². The van der Waals surface area contributed by atoms with Crippen LogP contribution in [0.25, 0.3) is 11.5 Å². The molecule has 158 valence electrons. The number of halogens is 3. The average molecular weight is 439 g/mol. The Hall–Kier alpha value is -3.21. The van der Waals surface area contributed by atoms with Crippen molar-refractivity contribution in [1.29, 1.82) is 0 Å². The second-order valence-corrected chi connectivity index (χ2v) is 9.07.